The number of aliphatic hydroxyl groups excluding tert-OH is 1. The van der Waals surface area contributed by atoms with E-state index < -0.39 is 113 Å². The average molecular weight is 864 g/mol. The molecule has 21 nitrogen and oxygen atoms in total. The van der Waals surface area contributed by atoms with Crippen molar-refractivity contribution in [2.75, 3.05) is 23.0 Å². The first-order valence-corrected chi connectivity index (χ1v) is 19.8. The first-order valence-electron chi connectivity index (χ1n) is 13.9. The van der Waals surface area contributed by atoms with E-state index in [1.165, 1.54) is 12.1 Å². The molecule has 5 N–H and O–H groups in total. The van der Waals surface area contributed by atoms with Gasteiger partial charge < -0.3 is 30.0 Å². The molecule has 5 aromatic rings. The molecule has 0 atom stereocenters. The van der Waals surface area contributed by atoms with Gasteiger partial charge in [0.15, 0.2) is 9.84 Å². The van der Waals surface area contributed by atoms with Gasteiger partial charge in [-0.15, -0.1) is 5.11 Å². The fraction of sp³-hybridized carbons (Fsp3) is 0.0741. The maximum absolute atomic E-state index is 13.8. The molecule has 4 aromatic carbocycles. The van der Waals surface area contributed by atoms with Crippen molar-refractivity contribution < 1.29 is 146 Å². The molecule has 0 saturated carbocycles. The van der Waals surface area contributed by atoms with Gasteiger partial charge in [0, 0.05) is 5.69 Å². The number of aliphatic hydroxyl groups is 1. The zero-order valence-corrected chi connectivity index (χ0v) is 37.7. The fourth-order valence-corrected chi connectivity index (χ4v) is 7.43. The third-order valence-electron chi connectivity index (χ3n) is 6.80. The van der Waals surface area contributed by atoms with E-state index in [0.29, 0.717) is 18.2 Å². The number of sulfone groups is 1. The van der Waals surface area contributed by atoms with Gasteiger partial charge in [0.25, 0.3) is 10.1 Å². The summed E-state index contributed by atoms with van der Waals surface area (Å²) in [5.74, 6) is -3.11. The van der Waals surface area contributed by atoms with E-state index in [-0.39, 0.29) is 105 Å². The number of rotatable bonds is 12. The summed E-state index contributed by atoms with van der Waals surface area (Å²) >= 11 is 0. The van der Waals surface area contributed by atoms with Gasteiger partial charge >= 0.3 is 94.4 Å². The average Bonchev–Trinajstić information content (AvgIpc) is 3.03. The summed E-state index contributed by atoms with van der Waals surface area (Å²) in [6.07, 6.45) is 0. The molecule has 1 heterocycles. The minimum absolute atomic E-state index is 0. The minimum Gasteiger partial charge on any atom is -0.870 e. The smallest absolute Gasteiger partial charge is 0.870 e. The van der Waals surface area contributed by atoms with E-state index >= 15 is 0 Å². The second kappa shape index (κ2) is 18.9. The number of hydrogen-bond donors (Lipinski definition) is 5. The number of nitrogens with zero attached hydrogens (tertiary/aromatic N) is 4. The maximum atomic E-state index is 13.8. The normalized spacial score (nSPS) is 12.0. The molecular weight excluding hydrogens is 844 g/mol. The van der Waals surface area contributed by atoms with Crippen molar-refractivity contribution in [3.05, 3.63) is 77.2 Å². The van der Waals surface area contributed by atoms with Gasteiger partial charge in [0.2, 0.25) is 11.9 Å². The van der Waals surface area contributed by atoms with E-state index in [2.05, 4.69) is 35.8 Å². The van der Waals surface area contributed by atoms with E-state index in [1.807, 2.05) is 0 Å². The number of hydrogen-bond acceptors (Lipinski definition) is 19. The number of nitrogens with one attached hydrogen (secondary N) is 3. The second-order valence-electron chi connectivity index (χ2n) is 10.3. The van der Waals surface area contributed by atoms with E-state index in [9.17, 15) is 57.2 Å². The van der Waals surface area contributed by atoms with E-state index in [4.69, 9.17) is 5.11 Å². The van der Waals surface area contributed by atoms with Gasteiger partial charge in [-0.1, -0.05) is 17.9 Å². The maximum Gasteiger partial charge on any atom is 1.00 e. The molecule has 0 bridgehead atoms. The molecule has 0 fully saturated rings. The van der Waals surface area contributed by atoms with Crippen LogP contribution in [0.2, 0.25) is 0 Å². The van der Waals surface area contributed by atoms with Crippen molar-refractivity contribution in [1.82, 2.24) is 15.0 Å². The number of para-hydroxylation sites is 1. The number of benzene rings is 4. The van der Waals surface area contributed by atoms with Crippen LogP contribution in [0.3, 0.4) is 0 Å². The molecule has 274 valence electrons. The van der Waals surface area contributed by atoms with Gasteiger partial charge in [-0.25, -0.2) is 30.0 Å². The SMILES string of the molecule is O=c1nc(Nc2ccccc2S(=O)(=O)[O-])nc(Nc2cc(S(=O)(=O)[O-])cc3cc(S(=O)(=O)O)c(N=Nc4ccc(S(=O)(=O)CCO)cc4)c([O-])c23)[nH]1.[Na+].[Na+].[Na+]. The molecule has 0 amide bonds. The van der Waals surface area contributed by atoms with E-state index in [1.54, 1.807) is 0 Å². The van der Waals surface area contributed by atoms with Crippen molar-refractivity contribution in [1.29, 1.82) is 0 Å². The Hall–Kier alpha value is -2.41. The number of anilines is 4. The van der Waals surface area contributed by atoms with Gasteiger partial charge in [0.05, 0.1) is 44.1 Å². The number of aromatic nitrogens is 3. The van der Waals surface area contributed by atoms with Crippen molar-refractivity contribution >= 4 is 85.6 Å². The minimum atomic E-state index is -5.33. The zero-order valence-electron chi connectivity index (χ0n) is 28.5. The Morgan fingerprint density at radius 1 is 0.745 bits per heavy atom. The Morgan fingerprint density at radius 3 is 1.96 bits per heavy atom. The molecule has 0 radical (unpaired) electrons. The molecule has 0 aliphatic carbocycles. The summed E-state index contributed by atoms with van der Waals surface area (Å²) in [5, 5.41) is 33.9. The summed E-state index contributed by atoms with van der Waals surface area (Å²) in [7, 11) is -19.5. The Balaban J connectivity index is 0.00000348. The molecule has 0 spiro atoms. The van der Waals surface area contributed by atoms with Gasteiger partial charge in [-0.2, -0.15) is 23.5 Å². The fourth-order valence-electron chi connectivity index (χ4n) is 4.58. The summed E-state index contributed by atoms with van der Waals surface area (Å²) in [5.41, 5.74) is -3.21. The van der Waals surface area contributed by atoms with Crippen molar-refractivity contribution in [2.24, 2.45) is 10.2 Å². The molecule has 5 rings (SSSR count). The molecular formula is C27H20N7Na3O14S4. The topological polar surface area (TPSA) is 354 Å². The predicted octanol–water partition coefficient (Wildman–Crippen LogP) is -7.87. The summed E-state index contributed by atoms with van der Waals surface area (Å²) in [4.78, 5) is 18.9. The summed E-state index contributed by atoms with van der Waals surface area (Å²) in [6.45, 7) is -0.648. The van der Waals surface area contributed by atoms with Crippen molar-refractivity contribution in [3.63, 3.8) is 0 Å². The van der Waals surface area contributed by atoms with E-state index in [0.717, 1.165) is 36.4 Å². The molecule has 28 heteroatoms. The monoisotopic (exact) mass is 863 g/mol. The van der Waals surface area contributed by atoms with Crippen LogP contribution in [-0.4, -0.2) is 79.7 Å². The van der Waals surface area contributed by atoms with Gasteiger partial charge in [-0.3, -0.25) is 9.54 Å². The van der Waals surface area contributed by atoms with Crippen LogP contribution < -0.4 is 110 Å². The standard InChI is InChI=1S/C27H23N7O14S4.3Na/c35-9-10-49(38,39)16-7-5-15(6-8-16)33-34-23-21(52(46,47)48)12-14-11-17(50(40,41)42)13-19(22(14)24(23)36)29-26-30-25(31-27(37)32-26)28-18-3-1-2-4-20(18)51(43,44)45;;;/h1-8,11-13,35-36H,9-10H2,(H,40,41,42)(H,43,44,45)(H,46,47,48)(H3,28,29,30,31,32,37);;;/q;3*+1/p-3. The van der Waals surface area contributed by atoms with Crippen LogP contribution in [0.1, 0.15) is 0 Å². The Morgan fingerprint density at radius 2 is 1.38 bits per heavy atom. The van der Waals surface area contributed by atoms with Crippen LogP contribution in [0, 0.1) is 0 Å². The molecule has 0 unspecified atom stereocenters. The third-order valence-corrected chi connectivity index (χ3v) is 11.1. The number of fused-ring (bicyclic) bond motifs is 1. The number of H-pyrrole nitrogens is 1. The molecule has 0 aliphatic heterocycles. The molecule has 0 saturated heterocycles. The van der Waals surface area contributed by atoms with Crippen molar-refractivity contribution in [3.8, 4) is 5.75 Å². The van der Waals surface area contributed by atoms with Gasteiger partial charge in [-0.05, 0) is 65.4 Å². The van der Waals surface area contributed by atoms with Crippen LogP contribution in [0.25, 0.3) is 10.8 Å². The number of azo groups is 1. The Labute approximate surface area is 378 Å². The third kappa shape index (κ3) is 11.8. The Kier molecular flexibility index (Phi) is 16.7. The van der Waals surface area contributed by atoms with Gasteiger partial charge in [0.1, 0.15) is 25.1 Å². The van der Waals surface area contributed by atoms with Crippen molar-refractivity contribution in [2.45, 2.75) is 19.6 Å². The Bertz CT molecular complexity index is 2790. The molecule has 1 aromatic heterocycles. The first-order chi connectivity index (χ1) is 24.2. The van der Waals surface area contributed by atoms with Crippen LogP contribution >= 0.6 is 0 Å². The summed E-state index contributed by atoms with van der Waals surface area (Å²) in [6, 6.07) is 11.0. The second-order valence-corrected chi connectivity index (χ2v) is 16.5. The van der Waals surface area contributed by atoms with Crippen LogP contribution in [-0.2, 0) is 40.2 Å². The quantitative estimate of drug-likeness (QED) is 0.0442. The predicted molar refractivity (Wildman–Crippen MR) is 175 cm³/mol. The molecule has 55 heavy (non-hydrogen) atoms. The van der Waals surface area contributed by atoms with Crippen LogP contribution in [0.15, 0.2) is 101 Å². The largest absolute Gasteiger partial charge is 1.00 e. The molecule has 0 aliphatic rings. The number of aromatic amines is 1. The summed E-state index contributed by atoms with van der Waals surface area (Å²) < 4.78 is 130. The van der Waals surface area contributed by atoms with Crippen LogP contribution in [0.5, 0.6) is 5.75 Å². The van der Waals surface area contributed by atoms with Crippen LogP contribution in [0.4, 0.5) is 34.6 Å². The first kappa shape index (κ1) is 48.7. The zero-order chi connectivity index (χ0) is 38.2.